The molecular formula is C23H22N4O2S. The minimum atomic E-state index is 0.267. The van der Waals surface area contributed by atoms with Crippen molar-refractivity contribution in [2.75, 3.05) is 12.9 Å². The number of hydrogen-bond acceptors (Lipinski definition) is 6. The quantitative estimate of drug-likeness (QED) is 0.297. The smallest absolute Gasteiger partial charge is 0.211 e. The van der Waals surface area contributed by atoms with Gasteiger partial charge in [-0.15, -0.1) is 10.2 Å². The molecular weight excluding hydrogens is 396 g/mol. The molecule has 1 aromatic heterocycles. The standard InChI is InChI=1S/C23H22N4O2S/c1-3-28-21-14-13-17-9-7-8-12-19(17)20(21)15-24-27-22(25-26-23(27)30-2)16-29-18-10-5-4-6-11-18/h4-15H,3,16H2,1-2H3/b24-15-. The fourth-order valence-corrected chi connectivity index (χ4v) is 3.55. The van der Waals surface area contributed by atoms with Crippen molar-refractivity contribution in [2.45, 2.75) is 18.7 Å². The summed E-state index contributed by atoms with van der Waals surface area (Å²) in [6.45, 7) is 2.82. The molecule has 0 saturated carbocycles. The highest BCUT2D eigenvalue weighted by molar-refractivity contribution is 7.98. The molecule has 0 bridgehead atoms. The Morgan fingerprint density at radius 3 is 2.57 bits per heavy atom. The highest BCUT2D eigenvalue weighted by atomic mass is 32.2. The average Bonchev–Trinajstić information content (AvgIpc) is 3.19. The third kappa shape index (κ3) is 4.31. The van der Waals surface area contributed by atoms with Gasteiger partial charge in [0.05, 0.1) is 12.8 Å². The molecule has 0 aliphatic heterocycles. The Morgan fingerprint density at radius 1 is 0.967 bits per heavy atom. The third-order valence-corrected chi connectivity index (χ3v) is 5.12. The zero-order chi connectivity index (χ0) is 20.8. The molecule has 0 aliphatic rings. The summed E-state index contributed by atoms with van der Waals surface area (Å²) in [7, 11) is 0. The van der Waals surface area contributed by atoms with Crippen LogP contribution in [0.25, 0.3) is 10.8 Å². The molecule has 0 atom stereocenters. The number of rotatable bonds is 8. The van der Waals surface area contributed by atoms with Crippen LogP contribution in [0.5, 0.6) is 11.5 Å². The van der Waals surface area contributed by atoms with E-state index in [9.17, 15) is 0 Å². The predicted molar refractivity (Wildman–Crippen MR) is 121 cm³/mol. The largest absolute Gasteiger partial charge is 0.493 e. The highest BCUT2D eigenvalue weighted by Crippen LogP contribution is 2.27. The second kappa shape index (κ2) is 9.45. The summed E-state index contributed by atoms with van der Waals surface area (Å²) in [5.74, 6) is 2.19. The van der Waals surface area contributed by atoms with Crippen molar-refractivity contribution in [1.29, 1.82) is 0 Å². The lowest BCUT2D eigenvalue weighted by Crippen LogP contribution is -2.05. The summed E-state index contributed by atoms with van der Waals surface area (Å²) in [5.41, 5.74) is 0.922. The van der Waals surface area contributed by atoms with Crippen LogP contribution in [-0.4, -0.2) is 34.0 Å². The van der Waals surface area contributed by atoms with Gasteiger partial charge in [-0.05, 0) is 42.2 Å². The van der Waals surface area contributed by atoms with Gasteiger partial charge in [0.2, 0.25) is 5.16 Å². The molecule has 1 heterocycles. The van der Waals surface area contributed by atoms with Gasteiger partial charge in [0.1, 0.15) is 18.1 Å². The van der Waals surface area contributed by atoms with Gasteiger partial charge in [0.25, 0.3) is 0 Å². The van der Waals surface area contributed by atoms with Gasteiger partial charge >= 0.3 is 0 Å². The lowest BCUT2D eigenvalue weighted by molar-refractivity contribution is 0.290. The zero-order valence-corrected chi connectivity index (χ0v) is 17.7. The first-order chi connectivity index (χ1) is 14.8. The van der Waals surface area contributed by atoms with E-state index in [-0.39, 0.29) is 6.61 Å². The molecule has 152 valence electrons. The molecule has 0 aliphatic carbocycles. The predicted octanol–water partition coefficient (Wildman–Crippen LogP) is 5.01. The van der Waals surface area contributed by atoms with Crippen molar-refractivity contribution < 1.29 is 9.47 Å². The molecule has 0 N–H and O–H groups in total. The minimum Gasteiger partial charge on any atom is -0.493 e. The molecule has 0 amide bonds. The molecule has 0 radical (unpaired) electrons. The molecule has 0 fully saturated rings. The summed E-state index contributed by atoms with van der Waals surface area (Å²) in [6.07, 6.45) is 3.75. The van der Waals surface area contributed by atoms with Crippen molar-refractivity contribution >= 4 is 28.7 Å². The lowest BCUT2D eigenvalue weighted by Gasteiger charge is -2.10. The summed E-state index contributed by atoms with van der Waals surface area (Å²) < 4.78 is 13.4. The van der Waals surface area contributed by atoms with E-state index in [0.29, 0.717) is 17.6 Å². The molecule has 4 aromatic rings. The summed E-state index contributed by atoms with van der Waals surface area (Å²) in [4.78, 5) is 0. The normalized spacial score (nSPS) is 11.3. The number of fused-ring (bicyclic) bond motifs is 1. The molecule has 0 saturated heterocycles. The maximum Gasteiger partial charge on any atom is 0.211 e. The van der Waals surface area contributed by atoms with Crippen molar-refractivity contribution in [3.8, 4) is 11.5 Å². The van der Waals surface area contributed by atoms with Gasteiger partial charge < -0.3 is 9.47 Å². The van der Waals surface area contributed by atoms with Crippen molar-refractivity contribution in [3.63, 3.8) is 0 Å². The van der Waals surface area contributed by atoms with E-state index in [1.165, 1.54) is 11.8 Å². The van der Waals surface area contributed by atoms with E-state index in [2.05, 4.69) is 28.4 Å². The summed E-state index contributed by atoms with van der Waals surface area (Å²) >= 11 is 1.48. The van der Waals surface area contributed by atoms with E-state index < -0.39 is 0 Å². The Balaban J connectivity index is 1.69. The molecule has 0 unspecified atom stereocenters. The Morgan fingerprint density at radius 2 is 1.77 bits per heavy atom. The van der Waals surface area contributed by atoms with Gasteiger partial charge in [0.15, 0.2) is 5.82 Å². The second-order valence-electron chi connectivity index (χ2n) is 6.39. The number of para-hydroxylation sites is 1. The van der Waals surface area contributed by atoms with Crippen molar-refractivity contribution in [2.24, 2.45) is 5.10 Å². The zero-order valence-electron chi connectivity index (χ0n) is 16.9. The summed E-state index contributed by atoms with van der Waals surface area (Å²) in [6, 6.07) is 21.8. The van der Waals surface area contributed by atoms with Crippen molar-refractivity contribution in [3.05, 3.63) is 78.1 Å². The SMILES string of the molecule is CCOc1ccc2ccccc2c1/C=N\n1c(COc2ccccc2)nnc1SC. The Bertz CT molecular complexity index is 1160. The van der Waals surface area contributed by atoms with Crippen LogP contribution in [0, 0.1) is 0 Å². The van der Waals surface area contributed by atoms with Crippen LogP contribution in [-0.2, 0) is 6.61 Å². The van der Waals surface area contributed by atoms with Gasteiger partial charge in [-0.25, -0.2) is 0 Å². The van der Waals surface area contributed by atoms with E-state index in [1.807, 2.05) is 67.9 Å². The molecule has 3 aromatic carbocycles. The topological polar surface area (TPSA) is 61.5 Å². The number of aromatic nitrogens is 3. The van der Waals surface area contributed by atoms with Crippen LogP contribution in [0.15, 0.2) is 77.0 Å². The lowest BCUT2D eigenvalue weighted by atomic mass is 10.0. The number of hydrogen-bond donors (Lipinski definition) is 0. The Kier molecular flexibility index (Phi) is 6.29. The minimum absolute atomic E-state index is 0.267. The number of benzene rings is 3. The maximum atomic E-state index is 5.85. The van der Waals surface area contributed by atoms with E-state index in [4.69, 9.17) is 14.6 Å². The van der Waals surface area contributed by atoms with Crippen LogP contribution < -0.4 is 9.47 Å². The average molecular weight is 419 g/mol. The fourth-order valence-electron chi connectivity index (χ4n) is 3.10. The molecule has 4 rings (SSSR count). The van der Waals surface area contributed by atoms with Gasteiger partial charge in [-0.2, -0.15) is 9.78 Å². The Hall–Kier alpha value is -3.32. The molecule has 6 nitrogen and oxygen atoms in total. The number of nitrogens with zero attached hydrogens (tertiary/aromatic N) is 4. The first kappa shape index (κ1) is 20.0. The van der Waals surface area contributed by atoms with E-state index >= 15 is 0 Å². The Labute approximate surface area is 179 Å². The monoisotopic (exact) mass is 418 g/mol. The van der Waals surface area contributed by atoms with Crippen LogP contribution in [0.1, 0.15) is 18.3 Å². The molecule has 30 heavy (non-hydrogen) atoms. The molecule has 0 spiro atoms. The second-order valence-corrected chi connectivity index (χ2v) is 7.17. The van der Waals surface area contributed by atoms with E-state index in [0.717, 1.165) is 27.8 Å². The van der Waals surface area contributed by atoms with Crippen LogP contribution in [0.4, 0.5) is 0 Å². The van der Waals surface area contributed by atoms with Gasteiger partial charge in [0, 0.05) is 5.56 Å². The first-order valence-electron chi connectivity index (χ1n) is 9.65. The van der Waals surface area contributed by atoms with Crippen LogP contribution in [0.3, 0.4) is 0 Å². The highest BCUT2D eigenvalue weighted by Gasteiger charge is 2.13. The fraction of sp³-hybridized carbons (Fsp3) is 0.174. The number of ether oxygens (including phenoxy) is 2. The van der Waals surface area contributed by atoms with E-state index in [1.54, 1.807) is 4.68 Å². The first-order valence-corrected chi connectivity index (χ1v) is 10.9. The van der Waals surface area contributed by atoms with Crippen LogP contribution in [0.2, 0.25) is 0 Å². The number of thioether (sulfide) groups is 1. The van der Waals surface area contributed by atoms with Gasteiger partial charge in [-0.1, -0.05) is 60.3 Å². The maximum absolute atomic E-state index is 5.85. The summed E-state index contributed by atoms with van der Waals surface area (Å²) in [5, 5.41) is 16.1. The molecule has 7 heteroatoms. The van der Waals surface area contributed by atoms with Crippen LogP contribution >= 0.6 is 11.8 Å². The van der Waals surface area contributed by atoms with Gasteiger partial charge in [-0.3, -0.25) is 0 Å². The third-order valence-electron chi connectivity index (χ3n) is 4.50. The van der Waals surface area contributed by atoms with Crippen molar-refractivity contribution in [1.82, 2.24) is 14.9 Å².